The molecule has 0 saturated heterocycles. The lowest BCUT2D eigenvalue weighted by Crippen LogP contribution is -2.00. The molecule has 0 bridgehead atoms. The summed E-state index contributed by atoms with van der Waals surface area (Å²) in [5.74, 6) is 0. The van der Waals surface area contributed by atoms with Crippen LogP contribution < -0.4 is 5.73 Å². The van der Waals surface area contributed by atoms with Gasteiger partial charge in [0.05, 0.1) is 5.69 Å². The molecule has 0 unspecified atom stereocenters. The van der Waals surface area contributed by atoms with Gasteiger partial charge in [0, 0.05) is 11.9 Å². The Bertz CT molecular complexity index is 271. The van der Waals surface area contributed by atoms with Crippen molar-refractivity contribution < 1.29 is 5.11 Å². The minimum atomic E-state index is -0.295. The minimum absolute atomic E-state index is 0.295. The van der Waals surface area contributed by atoms with Crippen LogP contribution in [0.15, 0.2) is 6.20 Å². The lowest BCUT2D eigenvalue weighted by molar-refractivity contribution is 0.173. The van der Waals surface area contributed by atoms with Crippen molar-refractivity contribution in [3.05, 3.63) is 23.0 Å². The van der Waals surface area contributed by atoms with Crippen LogP contribution in [0.25, 0.3) is 0 Å². The van der Waals surface area contributed by atoms with Crippen LogP contribution in [0.2, 0.25) is 0 Å². The zero-order chi connectivity index (χ0) is 8.43. The fourth-order valence-electron chi connectivity index (χ4n) is 0.938. The second kappa shape index (κ2) is 2.88. The van der Waals surface area contributed by atoms with Gasteiger partial charge < -0.3 is 5.73 Å². The van der Waals surface area contributed by atoms with E-state index in [1.54, 1.807) is 6.20 Å². The minimum Gasteiger partial charge on any atom is -0.398 e. The number of nitrogens with two attached hydrogens (primary N) is 1. The molecule has 2 N–H and O–H groups in total. The van der Waals surface area contributed by atoms with E-state index < -0.39 is 0 Å². The SMILES string of the molecule is Cc1cnc(C[O])c(C)c1N. The summed E-state index contributed by atoms with van der Waals surface area (Å²) in [4.78, 5) is 3.96. The summed E-state index contributed by atoms with van der Waals surface area (Å²) in [6, 6.07) is 0. The maximum atomic E-state index is 10.5. The van der Waals surface area contributed by atoms with E-state index >= 15 is 0 Å². The molecule has 0 aliphatic heterocycles. The molecule has 3 heteroatoms. The van der Waals surface area contributed by atoms with Crippen LogP contribution in [0.3, 0.4) is 0 Å². The van der Waals surface area contributed by atoms with Crippen molar-refractivity contribution >= 4 is 5.69 Å². The van der Waals surface area contributed by atoms with Crippen molar-refractivity contribution in [2.45, 2.75) is 20.5 Å². The highest BCUT2D eigenvalue weighted by Gasteiger charge is 2.04. The third-order valence-electron chi connectivity index (χ3n) is 1.81. The van der Waals surface area contributed by atoms with Crippen LogP contribution in [-0.4, -0.2) is 4.98 Å². The van der Waals surface area contributed by atoms with Gasteiger partial charge in [-0.05, 0) is 25.0 Å². The van der Waals surface area contributed by atoms with Crippen molar-refractivity contribution in [3.8, 4) is 0 Å². The van der Waals surface area contributed by atoms with E-state index in [9.17, 15) is 5.11 Å². The third kappa shape index (κ3) is 1.33. The number of aromatic nitrogens is 1. The van der Waals surface area contributed by atoms with Crippen molar-refractivity contribution in [3.63, 3.8) is 0 Å². The lowest BCUT2D eigenvalue weighted by Gasteiger charge is -2.06. The third-order valence-corrected chi connectivity index (χ3v) is 1.81. The first kappa shape index (κ1) is 8.01. The number of pyridine rings is 1. The molecule has 0 atom stereocenters. The van der Waals surface area contributed by atoms with Crippen molar-refractivity contribution in [2.75, 3.05) is 5.73 Å². The molecule has 0 amide bonds. The summed E-state index contributed by atoms with van der Waals surface area (Å²) in [6.07, 6.45) is 1.63. The number of rotatable bonds is 1. The van der Waals surface area contributed by atoms with E-state index in [1.807, 2.05) is 13.8 Å². The summed E-state index contributed by atoms with van der Waals surface area (Å²) >= 11 is 0. The van der Waals surface area contributed by atoms with E-state index in [0.717, 1.165) is 11.1 Å². The summed E-state index contributed by atoms with van der Waals surface area (Å²) in [5.41, 5.74) is 8.66. The molecule has 1 radical (unpaired) electrons. The number of nitrogen functional groups attached to an aromatic ring is 1. The molecular formula is C8H11N2O. The molecule has 1 rings (SSSR count). The highest BCUT2D eigenvalue weighted by atomic mass is 16.3. The van der Waals surface area contributed by atoms with Crippen LogP contribution >= 0.6 is 0 Å². The number of hydrogen-bond donors (Lipinski definition) is 1. The van der Waals surface area contributed by atoms with E-state index in [1.165, 1.54) is 0 Å². The molecule has 59 valence electrons. The molecule has 0 fully saturated rings. The van der Waals surface area contributed by atoms with E-state index in [0.29, 0.717) is 11.4 Å². The normalized spacial score (nSPS) is 10.1. The van der Waals surface area contributed by atoms with Crippen LogP contribution in [-0.2, 0) is 11.7 Å². The number of hydrogen-bond acceptors (Lipinski definition) is 2. The summed E-state index contributed by atoms with van der Waals surface area (Å²) < 4.78 is 0. The molecule has 1 aromatic heterocycles. The molecule has 1 aromatic rings. The highest BCUT2D eigenvalue weighted by Crippen LogP contribution is 2.17. The maximum Gasteiger partial charge on any atom is 0.125 e. The standard InChI is InChI=1S/C8H11N2O/c1-5-3-10-7(4-11)6(2)8(5)9/h3H,4H2,1-2H3,(H2,9,10). The summed E-state index contributed by atoms with van der Waals surface area (Å²) in [5, 5.41) is 10.5. The van der Waals surface area contributed by atoms with Gasteiger partial charge in [0.2, 0.25) is 0 Å². The molecule has 0 spiro atoms. The summed E-state index contributed by atoms with van der Waals surface area (Å²) in [7, 11) is 0. The molecule has 3 nitrogen and oxygen atoms in total. The molecule has 0 aliphatic carbocycles. The second-order valence-electron chi connectivity index (χ2n) is 2.57. The number of nitrogens with zero attached hydrogens (tertiary/aromatic N) is 1. The van der Waals surface area contributed by atoms with Crippen LogP contribution in [0.4, 0.5) is 5.69 Å². The Morgan fingerprint density at radius 3 is 2.73 bits per heavy atom. The van der Waals surface area contributed by atoms with Crippen molar-refractivity contribution in [2.24, 2.45) is 0 Å². The van der Waals surface area contributed by atoms with Crippen molar-refractivity contribution in [1.29, 1.82) is 0 Å². The van der Waals surface area contributed by atoms with Crippen molar-refractivity contribution in [1.82, 2.24) is 4.98 Å². The predicted molar refractivity (Wildman–Crippen MR) is 42.5 cm³/mol. The average Bonchev–Trinajstić information content (AvgIpc) is 2.01. The Labute approximate surface area is 65.9 Å². The first-order chi connectivity index (χ1) is 5.16. The highest BCUT2D eigenvalue weighted by molar-refractivity contribution is 5.53. The summed E-state index contributed by atoms with van der Waals surface area (Å²) in [6.45, 7) is 3.41. The molecule has 0 aliphatic rings. The Morgan fingerprint density at radius 2 is 2.18 bits per heavy atom. The van der Waals surface area contributed by atoms with Crippen LogP contribution in [0.5, 0.6) is 0 Å². The van der Waals surface area contributed by atoms with E-state index in [4.69, 9.17) is 5.73 Å². The molecule has 0 aromatic carbocycles. The van der Waals surface area contributed by atoms with E-state index in [2.05, 4.69) is 4.98 Å². The average molecular weight is 151 g/mol. The van der Waals surface area contributed by atoms with Gasteiger partial charge >= 0.3 is 0 Å². The molecular weight excluding hydrogens is 140 g/mol. The maximum absolute atomic E-state index is 10.5. The first-order valence-corrected chi connectivity index (χ1v) is 3.45. The van der Waals surface area contributed by atoms with Crippen LogP contribution in [0, 0.1) is 13.8 Å². The number of anilines is 1. The van der Waals surface area contributed by atoms with Gasteiger partial charge in [0.25, 0.3) is 0 Å². The number of aryl methyl sites for hydroxylation is 1. The quantitative estimate of drug-likeness (QED) is 0.655. The lowest BCUT2D eigenvalue weighted by atomic mass is 10.1. The Kier molecular flexibility index (Phi) is 2.10. The fourth-order valence-corrected chi connectivity index (χ4v) is 0.938. The molecule has 1 heterocycles. The van der Waals surface area contributed by atoms with Gasteiger partial charge in [-0.25, -0.2) is 5.11 Å². The topological polar surface area (TPSA) is 58.8 Å². The zero-order valence-corrected chi connectivity index (χ0v) is 6.72. The molecule has 11 heavy (non-hydrogen) atoms. The van der Waals surface area contributed by atoms with Gasteiger partial charge in [0.1, 0.15) is 6.61 Å². The smallest absolute Gasteiger partial charge is 0.125 e. The largest absolute Gasteiger partial charge is 0.398 e. The Hall–Kier alpha value is -1.09. The fraction of sp³-hybridized carbons (Fsp3) is 0.375. The monoisotopic (exact) mass is 151 g/mol. The van der Waals surface area contributed by atoms with Gasteiger partial charge in [0.15, 0.2) is 0 Å². The van der Waals surface area contributed by atoms with Gasteiger partial charge in [-0.3, -0.25) is 4.98 Å². The predicted octanol–water partition coefficient (Wildman–Crippen LogP) is 1.21. The first-order valence-electron chi connectivity index (χ1n) is 3.45. The molecule has 0 saturated carbocycles. The van der Waals surface area contributed by atoms with Crippen LogP contribution in [0.1, 0.15) is 16.8 Å². The Morgan fingerprint density at radius 1 is 1.55 bits per heavy atom. The van der Waals surface area contributed by atoms with E-state index in [-0.39, 0.29) is 6.61 Å². The second-order valence-corrected chi connectivity index (χ2v) is 2.57. The zero-order valence-electron chi connectivity index (χ0n) is 6.72. The van der Waals surface area contributed by atoms with Gasteiger partial charge in [-0.1, -0.05) is 0 Å². The van der Waals surface area contributed by atoms with Gasteiger partial charge in [-0.15, -0.1) is 0 Å². The van der Waals surface area contributed by atoms with Gasteiger partial charge in [-0.2, -0.15) is 0 Å². The Balaban J connectivity index is 3.25.